The van der Waals surface area contributed by atoms with Gasteiger partial charge in [0.1, 0.15) is 0 Å². The van der Waals surface area contributed by atoms with Crippen LogP contribution in [0.15, 0.2) is 0 Å². The van der Waals surface area contributed by atoms with E-state index in [0.717, 1.165) is 45.4 Å². The molecule has 2 rings (SSSR count). The Morgan fingerprint density at radius 3 is 2.48 bits per heavy atom. The Hall–Kier alpha value is -1.10. The van der Waals surface area contributed by atoms with E-state index in [-0.39, 0.29) is 23.1 Å². The topological polar surface area (TPSA) is 66.6 Å². The van der Waals surface area contributed by atoms with E-state index in [1.54, 1.807) is 0 Å². The van der Waals surface area contributed by atoms with Gasteiger partial charge in [-0.1, -0.05) is 20.8 Å². The van der Waals surface area contributed by atoms with Crippen molar-refractivity contribution in [2.45, 2.75) is 52.5 Å². The number of nitrogens with two attached hydrogens (primary N) is 1. The van der Waals surface area contributed by atoms with E-state index in [9.17, 15) is 9.59 Å². The van der Waals surface area contributed by atoms with Gasteiger partial charge in [0.2, 0.25) is 11.8 Å². The number of hydrogen-bond acceptors (Lipinski definition) is 3. The van der Waals surface area contributed by atoms with Crippen molar-refractivity contribution < 1.29 is 9.59 Å². The fourth-order valence-electron chi connectivity index (χ4n) is 3.40. The van der Waals surface area contributed by atoms with Crippen LogP contribution in [0.1, 0.15) is 46.5 Å². The van der Waals surface area contributed by atoms with E-state index in [1.165, 1.54) is 0 Å². The lowest BCUT2D eigenvalue weighted by atomic mass is 9.92. The van der Waals surface area contributed by atoms with Crippen LogP contribution in [-0.4, -0.2) is 53.8 Å². The number of primary amides is 1. The average molecular weight is 295 g/mol. The lowest BCUT2D eigenvalue weighted by Gasteiger charge is -2.35. The maximum Gasteiger partial charge on any atom is 0.223 e. The second-order valence-corrected chi connectivity index (χ2v) is 7.76. The second kappa shape index (κ2) is 6.34. The van der Waals surface area contributed by atoms with Crippen LogP contribution in [0.5, 0.6) is 0 Å². The summed E-state index contributed by atoms with van der Waals surface area (Å²) in [5.74, 6) is 0.0601. The first-order valence-electron chi connectivity index (χ1n) is 8.07. The summed E-state index contributed by atoms with van der Waals surface area (Å²) in [4.78, 5) is 28.0. The highest BCUT2D eigenvalue weighted by Crippen LogP contribution is 2.26. The van der Waals surface area contributed by atoms with Gasteiger partial charge in [0.15, 0.2) is 0 Å². The van der Waals surface area contributed by atoms with Crippen molar-refractivity contribution in [2.24, 2.45) is 17.1 Å². The van der Waals surface area contributed by atoms with Gasteiger partial charge in [-0.15, -0.1) is 0 Å². The van der Waals surface area contributed by atoms with E-state index in [1.807, 2.05) is 4.90 Å². The van der Waals surface area contributed by atoms with Crippen LogP contribution in [0.25, 0.3) is 0 Å². The minimum Gasteiger partial charge on any atom is -0.369 e. The third kappa shape index (κ3) is 4.43. The largest absolute Gasteiger partial charge is 0.369 e. The van der Waals surface area contributed by atoms with Crippen LogP contribution in [0.4, 0.5) is 0 Å². The Morgan fingerprint density at radius 1 is 1.14 bits per heavy atom. The first kappa shape index (κ1) is 16.3. The molecule has 0 saturated carbocycles. The number of carbonyl (C=O) groups excluding carboxylic acids is 2. The Balaban J connectivity index is 1.87. The maximum atomic E-state index is 12.3. The third-order valence-corrected chi connectivity index (χ3v) is 4.57. The van der Waals surface area contributed by atoms with Crippen LogP contribution in [0.3, 0.4) is 0 Å². The summed E-state index contributed by atoms with van der Waals surface area (Å²) in [5, 5.41) is 0. The Labute approximate surface area is 127 Å². The normalized spacial score (nSPS) is 27.9. The summed E-state index contributed by atoms with van der Waals surface area (Å²) in [5.41, 5.74) is 5.48. The molecule has 2 atom stereocenters. The molecule has 0 bridgehead atoms. The van der Waals surface area contributed by atoms with Crippen LogP contribution in [0, 0.1) is 11.3 Å². The standard InChI is InChI=1S/C16H29N3O2/c1-16(2,3)9-14(20)19-8-6-13(11-19)18-7-4-5-12(10-18)15(17)21/h12-13H,4-11H2,1-3H3,(H2,17,21)/t12?,13-/m1/s1. The predicted molar refractivity (Wildman–Crippen MR) is 82.5 cm³/mol. The summed E-state index contributed by atoms with van der Waals surface area (Å²) in [6, 6.07) is 0.399. The third-order valence-electron chi connectivity index (χ3n) is 4.57. The smallest absolute Gasteiger partial charge is 0.223 e. The molecule has 0 spiro atoms. The van der Waals surface area contributed by atoms with Gasteiger partial charge < -0.3 is 10.6 Å². The van der Waals surface area contributed by atoms with E-state index >= 15 is 0 Å². The minimum absolute atomic E-state index is 0.0157. The van der Waals surface area contributed by atoms with Gasteiger partial charge in [0.05, 0.1) is 5.92 Å². The molecule has 5 nitrogen and oxygen atoms in total. The van der Waals surface area contributed by atoms with E-state index in [2.05, 4.69) is 25.7 Å². The fraction of sp³-hybridized carbons (Fsp3) is 0.875. The number of piperidine rings is 1. The fourth-order valence-corrected chi connectivity index (χ4v) is 3.40. The zero-order valence-electron chi connectivity index (χ0n) is 13.6. The minimum atomic E-state index is -0.182. The molecule has 0 radical (unpaired) electrons. The van der Waals surface area contributed by atoms with Crippen molar-refractivity contribution in [3.8, 4) is 0 Å². The molecule has 1 unspecified atom stereocenters. The van der Waals surface area contributed by atoms with Gasteiger partial charge >= 0.3 is 0 Å². The summed E-state index contributed by atoms with van der Waals surface area (Å²) in [6.07, 6.45) is 3.55. The molecule has 120 valence electrons. The molecule has 2 N–H and O–H groups in total. The van der Waals surface area contributed by atoms with Crippen LogP contribution in [-0.2, 0) is 9.59 Å². The number of hydrogen-bond donors (Lipinski definition) is 1. The zero-order chi connectivity index (χ0) is 15.6. The van der Waals surface area contributed by atoms with Crippen LogP contribution in [0.2, 0.25) is 0 Å². The SMILES string of the molecule is CC(C)(C)CC(=O)N1CC[C@@H](N2CCCC(C(N)=O)C2)C1. The van der Waals surface area contributed by atoms with Gasteiger partial charge in [-0.2, -0.15) is 0 Å². The lowest BCUT2D eigenvalue weighted by Crippen LogP contribution is -2.47. The van der Waals surface area contributed by atoms with Gasteiger partial charge in [-0.25, -0.2) is 0 Å². The molecule has 0 aromatic heterocycles. The number of likely N-dealkylation sites (tertiary alicyclic amines) is 2. The summed E-state index contributed by atoms with van der Waals surface area (Å²) >= 11 is 0. The first-order valence-corrected chi connectivity index (χ1v) is 8.07. The number of rotatable bonds is 3. The monoisotopic (exact) mass is 295 g/mol. The van der Waals surface area contributed by atoms with Crippen molar-refractivity contribution in [1.29, 1.82) is 0 Å². The molecule has 2 amide bonds. The molecular formula is C16H29N3O2. The highest BCUT2D eigenvalue weighted by molar-refractivity contribution is 5.77. The lowest BCUT2D eigenvalue weighted by molar-refractivity contribution is -0.132. The van der Waals surface area contributed by atoms with Crippen LogP contribution < -0.4 is 5.73 Å². The molecule has 2 heterocycles. The summed E-state index contributed by atoms with van der Waals surface area (Å²) < 4.78 is 0. The number of amides is 2. The molecular weight excluding hydrogens is 266 g/mol. The Bertz CT molecular complexity index is 403. The van der Waals surface area contributed by atoms with Crippen molar-refractivity contribution in [3.63, 3.8) is 0 Å². The van der Waals surface area contributed by atoms with E-state index < -0.39 is 0 Å². The predicted octanol–water partition coefficient (Wildman–Crippen LogP) is 1.22. The molecule has 2 aliphatic rings. The molecule has 2 aliphatic heterocycles. The molecule has 0 aromatic rings. The van der Waals surface area contributed by atoms with Gasteiger partial charge in [0, 0.05) is 32.1 Å². The second-order valence-electron chi connectivity index (χ2n) is 7.76. The summed E-state index contributed by atoms with van der Waals surface area (Å²) in [6.45, 7) is 9.73. The van der Waals surface area contributed by atoms with Crippen molar-refractivity contribution in [1.82, 2.24) is 9.80 Å². The van der Waals surface area contributed by atoms with Crippen LogP contribution >= 0.6 is 0 Å². The van der Waals surface area contributed by atoms with Gasteiger partial charge in [-0.05, 0) is 31.2 Å². The molecule has 0 aliphatic carbocycles. The highest BCUT2D eigenvalue weighted by atomic mass is 16.2. The zero-order valence-corrected chi connectivity index (χ0v) is 13.6. The highest BCUT2D eigenvalue weighted by Gasteiger charge is 2.34. The number of carbonyl (C=O) groups is 2. The van der Waals surface area contributed by atoms with Gasteiger partial charge in [-0.3, -0.25) is 14.5 Å². The first-order chi connectivity index (χ1) is 9.76. The molecule has 5 heteroatoms. The average Bonchev–Trinajstić information content (AvgIpc) is 2.86. The molecule has 2 fully saturated rings. The Morgan fingerprint density at radius 2 is 1.86 bits per heavy atom. The van der Waals surface area contributed by atoms with Crippen molar-refractivity contribution in [3.05, 3.63) is 0 Å². The quantitative estimate of drug-likeness (QED) is 0.851. The van der Waals surface area contributed by atoms with Gasteiger partial charge in [0.25, 0.3) is 0 Å². The molecule has 21 heavy (non-hydrogen) atoms. The van der Waals surface area contributed by atoms with E-state index in [4.69, 9.17) is 5.73 Å². The van der Waals surface area contributed by atoms with Crippen molar-refractivity contribution >= 4 is 11.8 Å². The Kier molecular flexibility index (Phi) is 4.91. The van der Waals surface area contributed by atoms with E-state index in [0.29, 0.717) is 12.5 Å². The molecule has 2 saturated heterocycles. The van der Waals surface area contributed by atoms with Crippen molar-refractivity contribution in [2.75, 3.05) is 26.2 Å². The molecule has 0 aromatic carbocycles. The number of nitrogens with zero attached hydrogens (tertiary/aromatic N) is 2. The maximum absolute atomic E-state index is 12.3. The summed E-state index contributed by atoms with van der Waals surface area (Å²) in [7, 11) is 0.